The van der Waals surface area contributed by atoms with Gasteiger partial charge in [0.25, 0.3) is 0 Å². The van der Waals surface area contributed by atoms with E-state index in [1.807, 2.05) is 36.5 Å². The fraction of sp³-hybridized carbons (Fsp3) is 0.103. The standard InChI is InChI=1S/C58H42N4/c59-37-39-14-31-51-53(35-39)58(32-5-2-6-33-58)52-13-7-12-50(56(51)52)45-25-19-42(20-26-45)40-15-17-41(18-16-40)43-21-27-46(28-22-43)54-36-55(62-57(61-54)48-9-3-1-4-10-48)47-29-23-44(24-30-47)49-11-8-34-60-38-49/h1,3-4,7-31,34-36,38H,2,5-6,32-33H2. The number of fused-ring (bicyclic) bond motifs is 5. The van der Waals surface area contributed by atoms with E-state index < -0.39 is 0 Å². The van der Waals surface area contributed by atoms with E-state index in [-0.39, 0.29) is 5.41 Å². The van der Waals surface area contributed by atoms with Gasteiger partial charge in [-0.2, -0.15) is 5.26 Å². The highest BCUT2D eigenvalue weighted by atomic mass is 14.9. The summed E-state index contributed by atoms with van der Waals surface area (Å²) in [7, 11) is 0. The van der Waals surface area contributed by atoms with Crippen LogP contribution in [0.25, 0.3) is 89.5 Å². The van der Waals surface area contributed by atoms with Crippen molar-refractivity contribution in [1.29, 1.82) is 5.26 Å². The smallest absolute Gasteiger partial charge is 0.160 e. The van der Waals surface area contributed by atoms with E-state index in [9.17, 15) is 5.26 Å². The minimum Gasteiger partial charge on any atom is -0.264 e. The Morgan fingerprint density at radius 3 is 1.53 bits per heavy atom. The van der Waals surface area contributed by atoms with Crippen molar-refractivity contribution in [1.82, 2.24) is 15.0 Å². The van der Waals surface area contributed by atoms with Gasteiger partial charge in [0.05, 0.1) is 23.0 Å². The van der Waals surface area contributed by atoms with Crippen LogP contribution in [0.5, 0.6) is 0 Å². The van der Waals surface area contributed by atoms with E-state index in [4.69, 9.17) is 9.97 Å². The molecule has 1 saturated carbocycles. The molecule has 0 amide bonds. The fourth-order valence-electron chi connectivity index (χ4n) is 9.91. The molecule has 0 saturated heterocycles. The van der Waals surface area contributed by atoms with E-state index in [2.05, 4.69) is 163 Å². The summed E-state index contributed by atoms with van der Waals surface area (Å²) in [5.74, 6) is 0.697. The van der Waals surface area contributed by atoms with Gasteiger partial charge in [-0.25, -0.2) is 9.97 Å². The van der Waals surface area contributed by atoms with Gasteiger partial charge in [-0.05, 0) is 104 Å². The lowest BCUT2D eigenvalue weighted by Crippen LogP contribution is -2.28. The van der Waals surface area contributed by atoms with Gasteiger partial charge in [-0.1, -0.05) is 177 Å². The molecule has 7 aromatic carbocycles. The largest absolute Gasteiger partial charge is 0.264 e. The summed E-state index contributed by atoms with van der Waals surface area (Å²) in [6.07, 6.45) is 9.71. The maximum atomic E-state index is 9.80. The van der Waals surface area contributed by atoms with Gasteiger partial charge in [-0.15, -0.1) is 0 Å². The molecule has 9 aromatic rings. The lowest BCUT2D eigenvalue weighted by Gasteiger charge is -2.36. The molecule has 0 N–H and O–H groups in total. The SMILES string of the molecule is N#Cc1ccc2c(c1)C1(CCCCC1)c1cccc(-c3ccc(-c4ccc(-c5ccc(-c6cc(-c7ccc(-c8cccnc8)cc7)nc(-c7ccccc7)n6)cc5)cc4)cc3)c1-2. The second kappa shape index (κ2) is 15.7. The van der Waals surface area contributed by atoms with Gasteiger partial charge >= 0.3 is 0 Å². The van der Waals surface area contributed by atoms with Crippen molar-refractivity contribution in [3.8, 4) is 95.6 Å². The first kappa shape index (κ1) is 37.3. The number of hydrogen-bond acceptors (Lipinski definition) is 4. The van der Waals surface area contributed by atoms with Crippen LogP contribution in [0.15, 0.2) is 194 Å². The van der Waals surface area contributed by atoms with Crippen LogP contribution in [0.3, 0.4) is 0 Å². The minimum atomic E-state index is 0.00816. The molecule has 1 fully saturated rings. The molecule has 62 heavy (non-hydrogen) atoms. The number of hydrogen-bond donors (Lipinski definition) is 0. The Morgan fingerprint density at radius 2 is 0.968 bits per heavy atom. The zero-order valence-electron chi connectivity index (χ0n) is 34.3. The van der Waals surface area contributed by atoms with Crippen LogP contribution < -0.4 is 0 Å². The Bertz CT molecular complexity index is 3110. The van der Waals surface area contributed by atoms with Gasteiger partial charge in [-0.3, -0.25) is 4.98 Å². The lowest BCUT2D eigenvalue weighted by molar-refractivity contribution is 0.353. The molecule has 0 radical (unpaired) electrons. The Hall–Kier alpha value is -7.74. The highest BCUT2D eigenvalue weighted by Gasteiger charge is 2.44. The summed E-state index contributed by atoms with van der Waals surface area (Å²) in [6.45, 7) is 0. The number of pyridine rings is 1. The third kappa shape index (κ3) is 6.69. The first-order valence-corrected chi connectivity index (χ1v) is 21.6. The number of aromatic nitrogens is 3. The molecule has 1 spiro atoms. The molecule has 294 valence electrons. The molecule has 0 aliphatic heterocycles. The van der Waals surface area contributed by atoms with E-state index in [1.165, 1.54) is 63.8 Å². The summed E-state index contributed by atoms with van der Waals surface area (Å²) in [4.78, 5) is 14.4. The van der Waals surface area contributed by atoms with Crippen LogP contribution in [0.4, 0.5) is 0 Å². The van der Waals surface area contributed by atoms with Crippen LogP contribution in [-0.2, 0) is 5.41 Å². The fourth-order valence-corrected chi connectivity index (χ4v) is 9.91. The molecule has 4 nitrogen and oxygen atoms in total. The third-order valence-corrected chi connectivity index (χ3v) is 13.1. The van der Waals surface area contributed by atoms with E-state index in [0.717, 1.165) is 68.7 Å². The molecule has 2 aliphatic rings. The lowest BCUT2D eigenvalue weighted by atomic mass is 9.67. The van der Waals surface area contributed by atoms with Crippen LogP contribution >= 0.6 is 0 Å². The Kier molecular flexibility index (Phi) is 9.44. The predicted molar refractivity (Wildman–Crippen MR) is 252 cm³/mol. The van der Waals surface area contributed by atoms with Gasteiger partial charge in [0.1, 0.15) is 0 Å². The van der Waals surface area contributed by atoms with E-state index >= 15 is 0 Å². The molecule has 0 atom stereocenters. The summed E-state index contributed by atoms with van der Waals surface area (Å²) >= 11 is 0. The molecule has 2 aliphatic carbocycles. The van der Waals surface area contributed by atoms with Crippen molar-refractivity contribution in [2.24, 2.45) is 0 Å². The van der Waals surface area contributed by atoms with Crippen molar-refractivity contribution in [2.75, 3.05) is 0 Å². The zero-order valence-corrected chi connectivity index (χ0v) is 34.3. The molecule has 0 bridgehead atoms. The first-order valence-electron chi connectivity index (χ1n) is 21.6. The normalized spacial score (nSPS) is 13.6. The zero-order chi connectivity index (χ0) is 41.5. The molecular weight excluding hydrogens is 753 g/mol. The maximum absolute atomic E-state index is 9.80. The molecular formula is C58H42N4. The Balaban J connectivity index is 0.855. The number of benzene rings is 7. The van der Waals surface area contributed by atoms with Crippen LogP contribution in [0, 0.1) is 11.3 Å². The Morgan fingerprint density at radius 1 is 0.419 bits per heavy atom. The summed E-state index contributed by atoms with van der Waals surface area (Å²) in [5.41, 5.74) is 20.4. The van der Waals surface area contributed by atoms with Crippen LogP contribution in [0.2, 0.25) is 0 Å². The number of rotatable bonds is 7. The highest BCUT2D eigenvalue weighted by molar-refractivity contribution is 5.93. The van der Waals surface area contributed by atoms with Crippen molar-refractivity contribution >= 4 is 0 Å². The van der Waals surface area contributed by atoms with Crippen molar-refractivity contribution in [3.63, 3.8) is 0 Å². The molecule has 11 rings (SSSR count). The predicted octanol–water partition coefficient (Wildman–Crippen LogP) is 14.6. The van der Waals surface area contributed by atoms with Crippen molar-refractivity contribution < 1.29 is 0 Å². The summed E-state index contributed by atoms with van der Waals surface area (Å²) < 4.78 is 0. The maximum Gasteiger partial charge on any atom is 0.160 e. The molecule has 0 unspecified atom stereocenters. The number of nitriles is 1. The van der Waals surface area contributed by atoms with E-state index in [1.54, 1.807) is 6.20 Å². The van der Waals surface area contributed by atoms with Crippen molar-refractivity contribution in [2.45, 2.75) is 37.5 Å². The van der Waals surface area contributed by atoms with Gasteiger partial charge in [0, 0.05) is 34.5 Å². The Labute approximate surface area is 362 Å². The second-order valence-corrected chi connectivity index (χ2v) is 16.6. The highest BCUT2D eigenvalue weighted by Crippen LogP contribution is 2.58. The molecule has 2 aromatic heterocycles. The van der Waals surface area contributed by atoms with Gasteiger partial charge < -0.3 is 0 Å². The monoisotopic (exact) mass is 794 g/mol. The second-order valence-electron chi connectivity index (χ2n) is 16.6. The van der Waals surface area contributed by atoms with E-state index in [0.29, 0.717) is 5.82 Å². The average Bonchev–Trinajstić information content (AvgIpc) is 3.62. The number of nitrogens with zero attached hydrogens (tertiary/aromatic N) is 4. The quantitative estimate of drug-likeness (QED) is 0.161. The van der Waals surface area contributed by atoms with Crippen LogP contribution in [0.1, 0.15) is 48.8 Å². The van der Waals surface area contributed by atoms with Gasteiger partial charge in [0.2, 0.25) is 0 Å². The summed E-state index contributed by atoms with van der Waals surface area (Å²) in [6, 6.07) is 67.0. The van der Waals surface area contributed by atoms with Crippen molar-refractivity contribution in [3.05, 3.63) is 211 Å². The minimum absolute atomic E-state index is 0.00816. The topological polar surface area (TPSA) is 62.5 Å². The average molecular weight is 795 g/mol. The molecule has 4 heteroatoms. The van der Waals surface area contributed by atoms with Crippen LogP contribution in [-0.4, -0.2) is 15.0 Å². The summed E-state index contributed by atoms with van der Waals surface area (Å²) in [5, 5.41) is 9.80. The third-order valence-electron chi connectivity index (χ3n) is 13.1. The first-order chi connectivity index (χ1) is 30.6. The van der Waals surface area contributed by atoms with Gasteiger partial charge in [0.15, 0.2) is 5.82 Å². The molecule has 2 heterocycles.